The third-order valence-corrected chi connectivity index (χ3v) is 9.65. The maximum absolute atomic E-state index is 6.92. The molecule has 0 saturated heterocycles. The number of anilines is 3. The van der Waals surface area contributed by atoms with E-state index in [-0.39, 0.29) is 0 Å². The standard InChI is InChI=1S/C37H23NOS/c1-2-12-24(13-3-1)38-30-18-8-5-15-26(30)37(27-16-6-9-19-31(27)38)28-17-7-10-20-32(28)39-36-29(37)22-23-34-35(36)25-14-4-11-21-33(25)40-34/h1-23H. The molecule has 3 heterocycles. The van der Waals surface area contributed by atoms with Gasteiger partial charge in [0.05, 0.1) is 16.8 Å². The number of para-hydroxylation sites is 4. The molecule has 0 bridgehead atoms. The van der Waals surface area contributed by atoms with E-state index in [2.05, 4.69) is 144 Å². The number of benzene rings is 6. The smallest absolute Gasteiger partial charge is 0.141 e. The van der Waals surface area contributed by atoms with Gasteiger partial charge in [0.25, 0.3) is 0 Å². The molecule has 0 unspecified atom stereocenters. The Kier molecular flexibility index (Phi) is 4.44. The zero-order valence-electron chi connectivity index (χ0n) is 21.5. The Morgan fingerprint density at radius 3 is 1.90 bits per heavy atom. The summed E-state index contributed by atoms with van der Waals surface area (Å²) < 4.78 is 9.45. The van der Waals surface area contributed by atoms with Gasteiger partial charge < -0.3 is 9.64 Å². The van der Waals surface area contributed by atoms with Gasteiger partial charge in [-0.05, 0) is 53.6 Å². The Morgan fingerprint density at radius 1 is 0.500 bits per heavy atom. The van der Waals surface area contributed by atoms with Crippen LogP contribution in [0.5, 0.6) is 11.5 Å². The second kappa shape index (κ2) is 8.08. The van der Waals surface area contributed by atoms with Crippen molar-refractivity contribution in [2.45, 2.75) is 5.41 Å². The third kappa shape index (κ3) is 2.72. The van der Waals surface area contributed by atoms with Crippen molar-refractivity contribution in [2.75, 3.05) is 4.90 Å². The van der Waals surface area contributed by atoms with Gasteiger partial charge in [-0.3, -0.25) is 0 Å². The monoisotopic (exact) mass is 529 g/mol. The van der Waals surface area contributed by atoms with E-state index in [4.69, 9.17) is 4.74 Å². The maximum atomic E-state index is 6.92. The zero-order chi connectivity index (χ0) is 26.3. The molecule has 0 fully saturated rings. The van der Waals surface area contributed by atoms with Crippen LogP contribution in [-0.4, -0.2) is 0 Å². The van der Waals surface area contributed by atoms with Crippen molar-refractivity contribution in [3.63, 3.8) is 0 Å². The van der Waals surface area contributed by atoms with Gasteiger partial charge in [0.1, 0.15) is 11.5 Å². The average Bonchev–Trinajstić information content (AvgIpc) is 3.41. The van der Waals surface area contributed by atoms with E-state index in [1.807, 2.05) is 11.3 Å². The van der Waals surface area contributed by atoms with Gasteiger partial charge >= 0.3 is 0 Å². The minimum absolute atomic E-state index is 0.542. The van der Waals surface area contributed by atoms with Crippen LogP contribution in [0.25, 0.3) is 20.2 Å². The summed E-state index contributed by atoms with van der Waals surface area (Å²) in [5, 5.41) is 2.45. The van der Waals surface area contributed by atoms with Crippen molar-refractivity contribution in [1.29, 1.82) is 0 Å². The first-order chi connectivity index (χ1) is 19.9. The van der Waals surface area contributed by atoms with Crippen LogP contribution in [-0.2, 0) is 5.41 Å². The number of hydrogen-bond donors (Lipinski definition) is 0. The van der Waals surface area contributed by atoms with Crippen LogP contribution < -0.4 is 9.64 Å². The lowest BCUT2D eigenvalue weighted by Gasteiger charge is -2.48. The number of hydrogen-bond acceptors (Lipinski definition) is 3. The summed E-state index contributed by atoms with van der Waals surface area (Å²) in [5.74, 6) is 1.88. The van der Waals surface area contributed by atoms with Crippen molar-refractivity contribution in [3.8, 4) is 11.5 Å². The average molecular weight is 530 g/mol. The molecular formula is C37H23NOS. The van der Waals surface area contributed by atoms with Gasteiger partial charge in [-0.1, -0.05) is 97.1 Å². The Labute approximate surface area is 236 Å². The zero-order valence-corrected chi connectivity index (χ0v) is 22.4. The van der Waals surface area contributed by atoms with Crippen LogP contribution in [0.15, 0.2) is 140 Å². The van der Waals surface area contributed by atoms with E-state index in [9.17, 15) is 0 Å². The molecule has 0 saturated carbocycles. The number of nitrogens with zero attached hydrogens (tertiary/aromatic N) is 1. The van der Waals surface area contributed by atoms with E-state index in [0.717, 1.165) is 17.2 Å². The SMILES string of the molecule is c1ccc(N2c3ccccc3C3(c4ccccc4Oc4c3ccc3sc5ccccc5c43)c3ccccc32)cc1. The van der Waals surface area contributed by atoms with Gasteiger partial charge in [-0.2, -0.15) is 0 Å². The van der Waals surface area contributed by atoms with E-state index >= 15 is 0 Å². The van der Waals surface area contributed by atoms with E-state index in [1.165, 1.54) is 53.8 Å². The summed E-state index contributed by atoms with van der Waals surface area (Å²) in [6, 6.07) is 50.4. The molecule has 0 atom stereocenters. The minimum Gasteiger partial charge on any atom is -0.456 e. The predicted octanol–water partition coefficient (Wildman–Crippen LogP) is 10.3. The van der Waals surface area contributed by atoms with E-state index in [0.29, 0.717) is 0 Å². The molecule has 0 amide bonds. The molecule has 40 heavy (non-hydrogen) atoms. The van der Waals surface area contributed by atoms with Crippen LogP contribution in [0.2, 0.25) is 0 Å². The molecule has 188 valence electrons. The fourth-order valence-electron chi connectivity index (χ4n) is 6.99. The Balaban J connectivity index is 1.48. The summed E-state index contributed by atoms with van der Waals surface area (Å²) in [4.78, 5) is 2.41. The fraction of sp³-hybridized carbons (Fsp3) is 0.0270. The molecule has 2 aliphatic heterocycles. The topological polar surface area (TPSA) is 12.5 Å². The van der Waals surface area contributed by atoms with Crippen molar-refractivity contribution in [2.24, 2.45) is 0 Å². The molecule has 2 nitrogen and oxygen atoms in total. The van der Waals surface area contributed by atoms with Crippen LogP contribution in [0, 0.1) is 0 Å². The second-order valence-corrected chi connectivity index (χ2v) is 11.6. The highest BCUT2D eigenvalue weighted by molar-refractivity contribution is 7.25. The van der Waals surface area contributed by atoms with Gasteiger partial charge in [0.2, 0.25) is 0 Å². The quantitative estimate of drug-likeness (QED) is 0.210. The van der Waals surface area contributed by atoms with Crippen LogP contribution in [0.3, 0.4) is 0 Å². The lowest BCUT2D eigenvalue weighted by atomic mass is 9.61. The van der Waals surface area contributed by atoms with Crippen molar-refractivity contribution in [1.82, 2.24) is 0 Å². The molecule has 2 aliphatic rings. The summed E-state index contributed by atoms with van der Waals surface area (Å²) in [6.45, 7) is 0. The number of fused-ring (bicyclic) bond motifs is 12. The predicted molar refractivity (Wildman–Crippen MR) is 166 cm³/mol. The number of rotatable bonds is 1. The Bertz CT molecular complexity index is 2060. The molecule has 1 aromatic heterocycles. The van der Waals surface area contributed by atoms with Gasteiger partial charge in [0.15, 0.2) is 0 Å². The highest BCUT2D eigenvalue weighted by Gasteiger charge is 2.51. The van der Waals surface area contributed by atoms with Crippen LogP contribution >= 0.6 is 11.3 Å². The molecule has 7 aromatic rings. The van der Waals surface area contributed by atoms with Crippen LogP contribution in [0.1, 0.15) is 22.3 Å². The van der Waals surface area contributed by atoms with Gasteiger partial charge in [-0.25, -0.2) is 0 Å². The van der Waals surface area contributed by atoms with E-state index in [1.54, 1.807) is 0 Å². The first-order valence-electron chi connectivity index (χ1n) is 13.6. The van der Waals surface area contributed by atoms with Crippen LogP contribution in [0.4, 0.5) is 17.1 Å². The van der Waals surface area contributed by atoms with Crippen molar-refractivity contribution >= 4 is 48.6 Å². The summed E-state index contributed by atoms with van der Waals surface area (Å²) >= 11 is 1.83. The summed E-state index contributed by atoms with van der Waals surface area (Å²) in [7, 11) is 0. The van der Waals surface area contributed by atoms with Crippen molar-refractivity contribution < 1.29 is 4.74 Å². The lowest BCUT2D eigenvalue weighted by molar-refractivity contribution is 0.439. The van der Waals surface area contributed by atoms with E-state index < -0.39 is 5.41 Å². The first kappa shape index (κ1) is 22.0. The van der Waals surface area contributed by atoms with Gasteiger partial charge in [0, 0.05) is 37.0 Å². The Hall–Kier alpha value is -4.86. The lowest BCUT2D eigenvalue weighted by Crippen LogP contribution is -2.39. The molecule has 0 N–H and O–H groups in total. The molecule has 0 radical (unpaired) electrons. The molecule has 6 aromatic carbocycles. The third-order valence-electron chi connectivity index (χ3n) is 8.52. The number of thiophene rings is 1. The first-order valence-corrected chi connectivity index (χ1v) is 14.4. The highest BCUT2D eigenvalue weighted by Crippen LogP contribution is 2.64. The molecule has 0 aliphatic carbocycles. The Morgan fingerprint density at radius 2 is 1.12 bits per heavy atom. The highest BCUT2D eigenvalue weighted by atomic mass is 32.1. The molecule has 3 heteroatoms. The molecule has 1 spiro atoms. The fourth-order valence-corrected chi connectivity index (χ4v) is 8.09. The van der Waals surface area contributed by atoms with Crippen molar-refractivity contribution in [3.05, 3.63) is 162 Å². The normalized spacial score (nSPS) is 14.3. The molecular weight excluding hydrogens is 506 g/mol. The minimum atomic E-state index is -0.542. The second-order valence-electron chi connectivity index (χ2n) is 10.5. The molecule has 9 rings (SSSR count). The maximum Gasteiger partial charge on any atom is 0.141 e. The summed E-state index contributed by atoms with van der Waals surface area (Å²) in [6.07, 6.45) is 0. The van der Waals surface area contributed by atoms with Gasteiger partial charge in [-0.15, -0.1) is 11.3 Å². The summed E-state index contributed by atoms with van der Waals surface area (Å²) in [5.41, 5.74) is 7.86. The largest absolute Gasteiger partial charge is 0.456 e. The number of ether oxygens (including phenoxy) is 1.